The van der Waals surface area contributed by atoms with Crippen LogP contribution >= 0.6 is 0 Å². The van der Waals surface area contributed by atoms with Crippen molar-refractivity contribution in [1.29, 1.82) is 0 Å². The van der Waals surface area contributed by atoms with E-state index in [1.54, 1.807) is 6.07 Å². The third-order valence-electron chi connectivity index (χ3n) is 4.64. The van der Waals surface area contributed by atoms with Gasteiger partial charge in [0, 0.05) is 6.04 Å². The summed E-state index contributed by atoms with van der Waals surface area (Å²) in [6.45, 7) is 6.60. The zero-order chi connectivity index (χ0) is 15.6. The van der Waals surface area contributed by atoms with Gasteiger partial charge in [0.2, 0.25) is 0 Å². The maximum Gasteiger partial charge on any atom is 0.253 e. The zero-order valence-electron chi connectivity index (χ0n) is 13.0. The first-order chi connectivity index (χ1) is 9.90. The second-order valence-corrected chi connectivity index (χ2v) is 6.61. The minimum absolute atomic E-state index is 0.0695. The van der Waals surface area contributed by atoms with Gasteiger partial charge in [0.05, 0.1) is 11.3 Å². The van der Waals surface area contributed by atoms with Crippen molar-refractivity contribution in [2.24, 2.45) is 17.8 Å². The molecular weight excluding hydrogens is 267 g/mol. The fraction of sp³-hybridized carbons (Fsp3) is 0.588. The molecule has 0 saturated heterocycles. The Bertz CT molecular complexity index is 516. The van der Waals surface area contributed by atoms with E-state index in [9.17, 15) is 9.18 Å². The van der Waals surface area contributed by atoms with Crippen LogP contribution in [-0.4, -0.2) is 11.9 Å². The first kappa shape index (κ1) is 15.8. The van der Waals surface area contributed by atoms with Crippen LogP contribution in [0.5, 0.6) is 0 Å². The number of hydrogen-bond acceptors (Lipinski definition) is 2. The molecule has 21 heavy (non-hydrogen) atoms. The van der Waals surface area contributed by atoms with Crippen LogP contribution in [0, 0.1) is 23.6 Å². The quantitative estimate of drug-likeness (QED) is 0.836. The lowest BCUT2D eigenvalue weighted by molar-refractivity contribution is 0.0868. The predicted molar refractivity (Wildman–Crippen MR) is 83.4 cm³/mol. The second kappa shape index (κ2) is 6.46. The van der Waals surface area contributed by atoms with E-state index in [1.165, 1.54) is 18.6 Å². The van der Waals surface area contributed by atoms with Crippen molar-refractivity contribution in [2.45, 2.75) is 46.1 Å². The molecule has 3 nitrogen and oxygen atoms in total. The van der Waals surface area contributed by atoms with E-state index in [2.05, 4.69) is 26.1 Å². The van der Waals surface area contributed by atoms with E-state index in [0.29, 0.717) is 17.8 Å². The number of nitrogen functional groups attached to an aromatic ring is 1. The number of amides is 1. The molecule has 3 atom stereocenters. The third-order valence-corrected chi connectivity index (χ3v) is 4.64. The van der Waals surface area contributed by atoms with Crippen molar-refractivity contribution in [3.63, 3.8) is 0 Å². The molecule has 2 rings (SSSR count). The summed E-state index contributed by atoms with van der Waals surface area (Å²) in [5, 5.41) is 3.08. The van der Waals surface area contributed by atoms with Crippen molar-refractivity contribution < 1.29 is 9.18 Å². The number of halogens is 1. The normalized spacial score (nSPS) is 25.9. The van der Waals surface area contributed by atoms with Gasteiger partial charge in [-0.1, -0.05) is 33.3 Å². The maximum atomic E-state index is 13.5. The van der Waals surface area contributed by atoms with Gasteiger partial charge in [-0.25, -0.2) is 4.39 Å². The molecule has 1 saturated carbocycles. The highest BCUT2D eigenvalue weighted by Gasteiger charge is 2.32. The van der Waals surface area contributed by atoms with Crippen molar-refractivity contribution in [3.8, 4) is 0 Å². The number of anilines is 1. The Morgan fingerprint density at radius 2 is 2.10 bits per heavy atom. The van der Waals surface area contributed by atoms with Crippen LogP contribution in [0.4, 0.5) is 10.1 Å². The number of benzene rings is 1. The highest BCUT2D eigenvalue weighted by molar-refractivity contribution is 5.99. The summed E-state index contributed by atoms with van der Waals surface area (Å²) in [7, 11) is 0. The summed E-state index contributed by atoms with van der Waals surface area (Å²) in [5.41, 5.74) is 5.84. The number of nitrogens with one attached hydrogen (secondary N) is 1. The zero-order valence-corrected chi connectivity index (χ0v) is 13.0. The number of nitrogens with two attached hydrogens (primary N) is 1. The average Bonchev–Trinajstić information content (AvgIpc) is 2.41. The molecular formula is C17H25FN2O. The number of carbonyl (C=O) groups is 1. The summed E-state index contributed by atoms with van der Waals surface area (Å²) in [6.07, 6.45) is 3.31. The number of rotatable bonds is 3. The molecule has 116 valence electrons. The summed E-state index contributed by atoms with van der Waals surface area (Å²) < 4.78 is 13.5. The van der Waals surface area contributed by atoms with Crippen LogP contribution in [0.15, 0.2) is 18.2 Å². The van der Waals surface area contributed by atoms with E-state index in [1.807, 2.05) is 0 Å². The Balaban J connectivity index is 2.14. The average molecular weight is 292 g/mol. The molecule has 3 unspecified atom stereocenters. The molecule has 1 amide bonds. The van der Waals surface area contributed by atoms with Gasteiger partial charge in [-0.3, -0.25) is 4.79 Å². The molecule has 0 bridgehead atoms. The first-order valence-corrected chi connectivity index (χ1v) is 7.75. The van der Waals surface area contributed by atoms with Gasteiger partial charge >= 0.3 is 0 Å². The Labute approximate surface area is 126 Å². The summed E-state index contributed by atoms with van der Waals surface area (Å²) in [5.74, 6) is 0.791. The lowest BCUT2D eigenvalue weighted by atomic mass is 9.74. The molecule has 0 heterocycles. The van der Waals surface area contributed by atoms with Gasteiger partial charge in [0.1, 0.15) is 5.82 Å². The standard InChI is InChI=1S/C17H25FN2O/c1-10(2)12-8-7-11(3)9-15(12)20-17(21)13-5-4-6-14(18)16(13)19/h4-6,10-12,15H,7-9,19H2,1-3H3,(H,20,21). The Morgan fingerprint density at radius 3 is 2.76 bits per heavy atom. The largest absolute Gasteiger partial charge is 0.396 e. The molecule has 1 aromatic carbocycles. The number of hydrogen-bond donors (Lipinski definition) is 2. The van der Waals surface area contributed by atoms with Gasteiger partial charge in [-0.15, -0.1) is 0 Å². The van der Waals surface area contributed by atoms with Crippen LogP contribution in [0.25, 0.3) is 0 Å². The van der Waals surface area contributed by atoms with Crippen molar-refractivity contribution in [1.82, 2.24) is 5.32 Å². The van der Waals surface area contributed by atoms with Crippen molar-refractivity contribution >= 4 is 11.6 Å². The molecule has 0 aliphatic heterocycles. The molecule has 0 spiro atoms. The predicted octanol–water partition coefficient (Wildman–Crippen LogP) is 3.60. The first-order valence-electron chi connectivity index (χ1n) is 7.75. The Kier molecular flexibility index (Phi) is 4.86. The number of para-hydroxylation sites is 1. The van der Waals surface area contributed by atoms with Crippen LogP contribution in [-0.2, 0) is 0 Å². The van der Waals surface area contributed by atoms with Gasteiger partial charge in [-0.05, 0) is 42.7 Å². The minimum atomic E-state index is -0.542. The summed E-state index contributed by atoms with van der Waals surface area (Å²) in [6, 6.07) is 4.50. The third kappa shape index (κ3) is 3.55. The Hall–Kier alpha value is -1.58. The fourth-order valence-corrected chi connectivity index (χ4v) is 3.35. The Morgan fingerprint density at radius 1 is 1.38 bits per heavy atom. The van der Waals surface area contributed by atoms with Gasteiger partial charge in [-0.2, -0.15) is 0 Å². The van der Waals surface area contributed by atoms with E-state index in [-0.39, 0.29) is 23.2 Å². The lowest BCUT2D eigenvalue weighted by Crippen LogP contribution is -2.45. The fourth-order valence-electron chi connectivity index (χ4n) is 3.35. The van der Waals surface area contributed by atoms with Gasteiger partial charge < -0.3 is 11.1 Å². The van der Waals surface area contributed by atoms with E-state index >= 15 is 0 Å². The van der Waals surface area contributed by atoms with Crippen molar-refractivity contribution in [2.75, 3.05) is 5.73 Å². The molecule has 1 aliphatic rings. The van der Waals surface area contributed by atoms with Gasteiger partial charge in [0.15, 0.2) is 0 Å². The van der Waals surface area contributed by atoms with Crippen LogP contribution in [0.2, 0.25) is 0 Å². The molecule has 0 aromatic heterocycles. The summed E-state index contributed by atoms with van der Waals surface area (Å²) >= 11 is 0. The highest BCUT2D eigenvalue weighted by Crippen LogP contribution is 2.33. The SMILES string of the molecule is CC1CCC(C(C)C)C(NC(=O)c2cccc(F)c2N)C1. The number of carbonyl (C=O) groups excluding carboxylic acids is 1. The maximum absolute atomic E-state index is 13.5. The highest BCUT2D eigenvalue weighted by atomic mass is 19.1. The van der Waals surface area contributed by atoms with Crippen LogP contribution < -0.4 is 11.1 Å². The second-order valence-electron chi connectivity index (χ2n) is 6.61. The van der Waals surface area contributed by atoms with Gasteiger partial charge in [0.25, 0.3) is 5.91 Å². The smallest absolute Gasteiger partial charge is 0.253 e. The van der Waals surface area contributed by atoms with E-state index in [4.69, 9.17) is 5.73 Å². The molecule has 1 aromatic rings. The van der Waals surface area contributed by atoms with Crippen LogP contribution in [0.3, 0.4) is 0 Å². The summed E-state index contributed by atoms with van der Waals surface area (Å²) in [4.78, 5) is 12.4. The molecule has 3 N–H and O–H groups in total. The topological polar surface area (TPSA) is 55.1 Å². The molecule has 1 fully saturated rings. The van der Waals surface area contributed by atoms with E-state index < -0.39 is 5.82 Å². The van der Waals surface area contributed by atoms with E-state index in [0.717, 1.165) is 12.8 Å². The molecule has 1 aliphatic carbocycles. The lowest BCUT2D eigenvalue weighted by Gasteiger charge is -2.37. The van der Waals surface area contributed by atoms with Crippen molar-refractivity contribution in [3.05, 3.63) is 29.6 Å². The monoisotopic (exact) mass is 292 g/mol. The van der Waals surface area contributed by atoms with Crippen LogP contribution in [0.1, 0.15) is 50.4 Å². The molecule has 4 heteroatoms. The molecule has 0 radical (unpaired) electrons. The minimum Gasteiger partial charge on any atom is -0.396 e.